The monoisotopic (exact) mass is 629 g/mol. The molecule has 0 saturated carbocycles. The number of rotatable bonds is 10. The van der Waals surface area contributed by atoms with Crippen LogP contribution in [0, 0.1) is 0 Å². The van der Waals surface area contributed by atoms with Crippen LogP contribution < -0.4 is 9.62 Å². The van der Waals surface area contributed by atoms with Crippen LogP contribution in [0.1, 0.15) is 32.6 Å². The third-order valence-corrected chi connectivity index (χ3v) is 11.0. The van der Waals surface area contributed by atoms with E-state index in [0.717, 1.165) is 30.6 Å². The number of nitrogens with one attached hydrogen (secondary N) is 1. The number of sulfonamides is 2. The molecule has 1 saturated heterocycles. The van der Waals surface area contributed by atoms with E-state index in [1.54, 1.807) is 34.8 Å². The van der Waals surface area contributed by atoms with E-state index in [2.05, 4.69) is 14.7 Å². The number of anilines is 2. The van der Waals surface area contributed by atoms with Gasteiger partial charge in [0.25, 0.3) is 10.0 Å². The van der Waals surface area contributed by atoms with Crippen LogP contribution in [0.5, 0.6) is 0 Å². The van der Waals surface area contributed by atoms with Crippen molar-refractivity contribution in [3.8, 4) is 0 Å². The van der Waals surface area contributed by atoms with E-state index in [9.17, 15) is 16.8 Å². The van der Waals surface area contributed by atoms with Crippen LogP contribution in [0.15, 0.2) is 68.2 Å². The number of nitrogens with zero attached hydrogens (tertiary/aromatic N) is 4. The van der Waals surface area contributed by atoms with Gasteiger partial charge < -0.3 is 4.90 Å². The van der Waals surface area contributed by atoms with E-state index in [-0.39, 0.29) is 20.8 Å². The van der Waals surface area contributed by atoms with Crippen LogP contribution in [0.25, 0.3) is 0 Å². The molecular formula is C25H29Cl2N5O4S3. The lowest BCUT2D eigenvalue weighted by molar-refractivity contribution is 0.346. The van der Waals surface area contributed by atoms with Gasteiger partial charge >= 0.3 is 0 Å². The summed E-state index contributed by atoms with van der Waals surface area (Å²) in [6.45, 7) is 3.79. The molecule has 0 radical (unpaired) electrons. The van der Waals surface area contributed by atoms with E-state index in [1.807, 2.05) is 18.9 Å². The Morgan fingerprint density at radius 2 is 1.72 bits per heavy atom. The highest BCUT2D eigenvalue weighted by atomic mass is 35.5. The highest BCUT2D eigenvalue weighted by Crippen LogP contribution is 2.35. The minimum absolute atomic E-state index is 0.0174. The van der Waals surface area contributed by atoms with Gasteiger partial charge in [-0.1, -0.05) is 48.3 Å². The molecule has 0 atom stereocenters. The summed E-state index contributed by atoms with van der Waals surface area (Å²) in [4.78, 5) is 12.2. The third kappa shape index (κ3) is 7.17. The summed E-state index contributed by atoms with van der Waals surface area (Å²) < 4.78 is 55.8. The normalized spacial score (nSPS) is 14.8. The van der Waals surface area contributed by atoms with Crippen LogP contribution in [0.2, 0.25) is 10.0 Å². The van der Waals surface area contributed by atoms with Gasteiger partial charge in [0, 0.05) is 42.8 Å². The van der Waals surface area contributed by atoms with Crippen molar-refractivity contribution in [2.75, 3.05) is 36.3 Å². The Bertz CT molecular complexity index is 1530. The van der Waals surface area contributed by atoms with Crippen molar-refractivity contribution < 1.29 is 16.8 Å². The molecule has 2 heterocycles. The summed E-state index contributed by atoms with van der Waals surface area (Å²) in [6.07, 6.45) is 5.18. The van der Waals surface area contributed by atoms with Gasteiger partial charge in [-0.15, -0.1) is 0 Å². The highest BCUT2D eigenvalue weighted by molar-refractivity contribution is 7.99. The SMILES string of the molecule is CCCN(C)c1nc(NS(=O)(=O)c2ccc(Cl)cc2Cl)ncc1Sc1ccc(S(=O)(=O)N2CCCCC2)cc1. The Kier molecular flexibility index (Phi) is 9.66. The lowest BCUT2D eigenvalue weighted by atomic mass is 10.2. The molecule has 1 N–H and O–H groups in total. The van der Waals surface area contributed by atoms with E-state index in [0.29, 0.717) is 35.4 Å². The Hall–Kier alpha value is -2.09. The number of piperidine rings is 1. The third-order valence-electron chi connectivity index (χ3n) is 6.07. The van der Waals surface area contributed by atoms with Crippen LogP contribution in [-0.4, -0.2) is 57.8 Å². The quantitative estimate of drug-likeness (QED) is 0.301. The van der Waals surface area contributed by atoms with Gasteiger partial charge in [0.2, 0.25) is 16.0 Å². The standard InChI is InChI=1S/C25H29Cl2N5O4S3/c1-3-13-31(2)24-22(17-28-25(29-24)30-38(33,34)23-12-7-18(26)16-21(23)27)37-19-8-10-20(11-9-19)39(35,36)32-14-5-4-6-15-32/h7-12,16-17H,3-6,13-15H2,1-2H3,(H,28,29,30). The fraction of sp³-hybridized carbons (Fsp3) is 0.360. The van der Waals surface area contributed by atoms with Gasteiger partial charge in [0.15, 0.2) is 0 Å². The maximum Gasteiger partial charge on any atom is 0.265 e. The minimum Gasteiger partial charge on any atom is -0.359 e. The van der Waals surface area contributed by atoms with Gasteiger partial charge in [-0.3, -0.25) is 0 Å². The molecule has 1 fully saturated rings. The summed E-state index contributed by atoms with van der Waals surface area (Å²) in [7, 11) is -5.73. The number of halogens is 2. The topological polar surface area (TPSA) is 113 Å². The summed E-state index contributed by atoms with van der Waals surface area (Å²) in [5, 5.41) is 0.299. The number of aromatic nitrogens is 2. The van der Waals surface area contributed by atoms with E-state index in [4.69, 9.17) is 23.2 Å². The molecule has 4 rings (SSSR count). The van der Waals surface area contributed by atoms with Crippen molar-refractivity contribution in [1.82, 2.24) is 14.3 Å². The largest absolute Gasteiger partial charge is 0.359 e. The van der Waals surface area contributed by atoms with Gasteiger partial charge in [-0.05, 0) is 61.7 Å². The Morgan fingerprint density at radius 1 is 1.03 bits per heavy atom. The zero-order chi connectivity index (χ0) is 28.2. The molecule has 1 aliphatic rings. The van der Waals surface area contributed by atoms with Crippen LogP contribution >= 0.6 is 35.0 Å². The Labute approximate surface area is 244 Å². The maximum atomic E-state index is 13.0. The first-order valence-electron chi connectivity index (χ1n) is 12.4. The summed E-state index contributed by atoms with van der Waals surface area (Å²) in [6, 6.07) is 10.8. The fourth-order valence-corrected chi connectivity index (χ4v) is 8.29. The molecule has 1 aliphatic heterocycles. The van der Waals surface area contributed by atoms with Gasteiger partial charge in [-0.25, -0.2) is 26.5 Å². The van der Waals surface area contributed by atoms with Crippen LogP contribution in [0.4, 0.5) is 11.8 Å². The number of benzene rings is 2. The molecule has 0 amide bonds. The number of hydrogen-bond donors (Lipinski definition) is 1. The zero-order valence-corrected chi connectivity index (χ0v) is 25.4. The van der Waals surface area contributed by atoms with E-state index in [1.165, 1.54) is 30.0 Å². The molecule has 39 heavy (non-hydrogen) atoms. The highest BCUT2D eigenvalue weighted by Gasteiger charge is 2.26. The van der Waals surface area contributed by atoms with Crippen molar-refractivity contribution in [2.24, 2.45) is 0 Å². The first kappa shape index (κ1) is 29.9. The van der Waals surface area contributed by atoms with Gasteiger partial charge in [0.05, 0.1) is 14.8 Å². The maximum absolute atomic E-state index is 13.0. The van der Waals surface area contributed by atoms with Crippen molar-refractivity contribution in [3.63, 3.8) is 0 Å². The van der Waals surface area contributed by atoms with Crippen molar-refractivity contribution in [3.05, 3.63) is 58.7 Å². The fourth-order valence-electron chi connectivity index (χ4n) is 4.13. The van der Waals surface area contributed by atoms with E-state index >= 15 is 0 Å². The summed E-state index contributed by atoms with van der Waals surface area (Å²) in [5.41, 5.74) is 0. The van der Waals surface area contributed by atoms with Crippen molar-refractivity contribution in [1.29, 1.82) is 0 Å². The van der Waals surface area contributed by atoms with Gasteiger partial charge in [-0.2, -0.15) is 9.29 Å². The van der Waals surface area contributed by atoms with Crippen molar-refractivity contribution in [2.45, 2.75) is 52.2 Å². The smallest absolute Gasteiger partial charge is 0.265 e. The molecule has 3 aromatic rings. The lowest BCUT2D eigenvalue weighted by Gasteiger charge is -2.25. The first-order chi connectivity index (χ1) is 18.5. The van der Waals surface area contributed by atoms with Crippen LogP contribution in [-0.2, 0) is 20.0 Å². The predicted octanol–water partition coefficient (Wildman–Crippen LogP) is 5.76. The molecule has 2 aromatic carbocycles. The Balaban J connectivity index is 1.58. The van der Waals surface area contributed by atoms with Crippen molar-refractivity contribution >= 4 is 66.8 Å². The molecule has 9 nitrogen and oxygen atoms in total. The van der Waals surface area contributed by atoms with Crippen LogP contribution in [0.3, 0.4) is 0 Å². The number of hydrogen-bond acceptors (Lipinski definition) is 8. The summed E-state index contributed by atoms with van der Waals surface area (Å²) >= 11 is 13.4. The lowest BCUT2D eigenvalue weighted by Crippen LogP contribution is -2.35. The predicted molar refractivity (Wildman–Crippen MR) is 156 cm³/mol. The van der Waals surface area contributed by atoms with E-state index < -0.39 is 20.0 Å². The molecule has 0 unspecified atom stereocenters. The zero-order valence-electron chi connectivity index (χ0n) is 21.5. The second-order valence-electron chi connectivity index (χ2n) is 9.02. The average Bonchev–Trinajstić information content (AvgIpc) is 2.90. The first-order valence-corrected chi connectivity index (χ1v) is 16.8. The minimum atomic E-state index is -4.07. The Morgan fingerprint density at radius 3 is 2.36 bits per heavy atom. The molecule has 14 heteroatoms. The molecule has 0 aliphatic carbocycles. The second kappa shape index (κ2) is 12.6. The molecular weight excluding hydrogens is 601 g/mol. The molecule has 0 bridgehead atoms. The van der Waals surface area contributed by atoms with Gasteiger partial charge in [0.1, 0.15) is 10.7 Å². The summed E-state index contributed by atoms with van der Waals surface area (Å²) in [5.74, 6) is 0.424. The second-order valence-corrected chi connectivity index (χ2v) is 14.6. The molecule has 210 valence electrons. The average molecular weight is 631 g/mol. The molecule has 1 aromatic heterocycles. The molecule has 0 spiro atoms.